The first-order valence-corrected chi connectivity index (χ1v) is 6.99. The van der Waals surface area contributed by atoms with E-state index in [2.05, 4.69) is 0 Å². The van der Waals surface area contributed by atoms with E-state index in [1.165, 1.54) is 19.2 Å². The molecule has 1 heterocycles. The Labute approximate surface area is 105 Å². The van der Waals surface area contributed by atoms with Gasteiger partial charge in [-0.1, -0.05) is 17.7 Å². The largest absolute Gasteiger partial charge is 0.285 e. The van der Waals surface area contributed by atoms with Crippen molar-refractivity contribution < 1.29 is 18.0 Å². The lowest BCUT2D eigenvalue weighted by molar-refractivity contribution is -0.136. The summed E-state index contributed by atoms with van der Waals surface area (Å²) in [7, 11) is -2.48. The van der Waals surface area contributed by atoms with Crippen LogP contribution in [-0.4, -0.2) is 37.4 Å². The van der Waals surface area contributed by atoms with Crippen molar-refractivity contribution in [1.82, 2.24) is 4.90 Å². The highest BCUT2D eigenvalue weighted by Crippen LogP contribution is 2.25. The topological polar surface area (TPSA) is 71.5 Å². The Kier molecular flexibility index (Phi) is 2.98. The van der Waals surface area contributed by atoms with E-state index in [0.717, 1.165) is 10.5 Å². The molecule has 5 nitrogen and oxygen atoms in total. The van der Waals surface area contributed by atoms with E-state index in [0.29, 0.717) is 0 Å². The number of carbonyl (C=O) groups is 2. The van der Waals surface area contributed by atoms with Gasteiger partial charge in [0.2, 0.25) is 11.8 Å². The number of amides is 2. The van der Waals surface area contributed by atoms with Crippen LogP contribution in [0, 0.1) is 6.92 Å². The molecule has 0 bridgehead atoms. The summed E-state index contributed by atoms with van der Waals surface area (Å²) in [6.07, 6.45) is -0.272. The van der Waals surface area contributed by atoms with Gasteiger partial charge >= 0.3 is 0 Å². The Morgan fingerprint density at radius 2 is 1.72 bits per heavy atom. The van der Waals surface area contributed by atoms with E-state index >= 15 is 0 Å². The number of hydrogen-bond acceptors (Lipinski definition) is 4. The van der Waals surface area contributed by atoms with Crippen LogP contribution in [0.25, 0.3) is 0 Å². The summed E-state index contributed by atoms with van der Waals surface area (Å²) in [5, 5.41) is -1.28. The number of nitrogens with zero attached hydrogens (tertiary/aromatic N) is 1. The first kappa shape index (κ1) is 12.8. The maximum absolute atomic E-state index is 12.2. The molecule has 2 rings (SSSR count). The minimum absolute atomic E-state index is 0.0783. The van der Waals surface area contributed by atoms with Gasteiger partial charge in [-0.3, -0.25) is 14.5 Å². The lowest BCUT2D eigenvalue weighted by Gasteiger charge is -2.10. The van der Waals surface area contributed by atoms with Crippen LogP contribution in [0.1, 0.15) is 12.0 Å². The molecule has 1 fully saturated rings. The maximum Gasteiger partial charge on any atom is 0.248 e. The van der Waals surface area contributed by atoms with E-state index in [1.54, 1.807) is 12.1 Å². The Bertz CT molecular complexity index is 603. The number of benzene rings is 1. The molecule has 1 aliphatic heterocycles. The van der Waals surface area contributed by atoms with Crippen molar-refractivity contribution in [2.75, 3.05) is 7.05 Å². The second-order valence-corrected chi connectivity index (χ2v) is 6.47. The van der Waals surface area contributed by atoms with Crippen LogP contribution in [0.15, 0.2) is 29.2 Å². The van der Waals surface area contributed by atoms with Crippen LogP contribution < -0.4 is 0 Å². The maximum atomic E-state index is 12.2. The summed E-state index contributed by atoms with van der Waals surface area (Å²) < 4.78 is 24.5. The standard InChI is InChI=1S/C12H13NO4S/c1-8-3-5-9(6-4-8)18(16,17)10-7-11(14)13(2)12(10)15/h3-6,10H,7H2,1-2H3. The zero-order chi connectivity index (χ0) is 13.5. The number of hydrogen-bond donors (Lipinski definition) is 0. The minimum atomic E-state index is -3.78. The van der Waals surface area contributed by atoms with Crippen molar-refractivity contribution in [2.45, 2.75) is 23.5 Å². The highest BCUT2D eigenvalue weighted by atomic mass is 32.2. The molecule has 0 spiro atoms. The fraction of sp³-hybridized carbons (Fsp3) is 0.333. The van der Waals surface area contributed by atoms with Crippen LogP contribution in [-0.2, 0) is 19.4 Å². The highest BCUT2D eigenvalue weighted by Gasteiger charge is 2.45. The van der Waals surface area contributed by atoms with Gasteiger partial charge < -0.3 is 0 Å². The molecule has 2 amide bonds. The molecule has 0 N–H and O–H groups in total. The average Bonchev–Trinajstić information content (AvgIpc) is 2.58. The average molecular weight is 267 g/mol. The number of likely N-dealkylation sites (tertiary alicyclic amines) is 1. The molecule has 1 aliphatic rings. The van der Waals surface area contributed by atoms with Crippen LogP contribution >= 0.6 is 0 Å². The molecule has 1 aromatic rings. The molecule has 6 heteroatoms. The van der Waals surface area contributed by atoms with E-state index in [1.807, 2.05) is 6.92 Å². The lowest BCUT2D eigenvalue weighted by atomic mass is 10.2. The van der Waals surface area contributed by atoms with Gasteiger partial charge in [0.25, 0.3) is 0 Å². The summed E-state index contributed by atoms with van der Waals surface area (Å²) in [5.41, 5.74) is 0.930. The van der Waals surface area contributed by atoms with Crippen LogP contribution in [0.4, 0.5) is 0 Å². The molecule has 1 atom stereocenters. The van der Waals surface area contributed by atoms with Gasteiger partial charge in [0, 0.05) is 7.05 Å². The molecule has 18 heavy (non-hydrogen) atoms. The number of rotatable bonds is 2. The molecule has 0 aromatic heterocycles. The predicted molar refractivity (Wildman–Crippen MR) is 64.5 cm³/mol. The normalized spacial score (nSPS) is 20.6. The molecular formula is C12H13NO4S. The van der Waals surface area contributed by atoms with Crippen LogP contribution in [0.5, 0.6) is 0 Å². The third-order valence-corrected chi connectivity index (χ3v) is 5.11. The number of sulfone groups is 1. The van der Waals surface area contributed by atoms with Gasteiger partial charge in [-0.15, -0.1) is 0 Å². The zero-order valence-corrected chi connectivity index (χ0v) is 10.9. The Balaban J connectivity index is 2.41. The second kappa shape index (κ2) is 4.20. The van der Waals surface area contributed by atoms with Crippen molar-refractivity contribution in [3.8, 4) is 0 Å². The van der Waals surface area contributed by atoms with E-state index in [9.17, 15) is 18.0 Å². The smallest absolute Gasteiger partial charge is 0.248 e. The van der Waals surface area contributed by atoms with Gasteiger partial charge in [0.1, 0.15) is 0 Å². The molecule has 96 valence electrons. The van der Waals surface area contributed by atoms with Gasteiger partial charge in [-0.25, -0.2) is 8.42 Å². The Morgan fingerprint density at radius 3 is 2.17 bits per heavy atom. The molecule has 1 aromatic carbocycles. The van der Waals surface area contributed by atoms with Crippen molar-refractivity contribution in [3.05, 3.63) is 29.8 Å². The Morgan fingerprint density at radius 1 is 1.17 bits per heavy atom. The van der Waals surface area contributed by atoms with Gasteiger partial charge in [-0.2, -0.15) is 0 Å². The predicted octanol–water partition coefficient (Wildman–Crippen LogP) is 0.526. The monoisotopic (exact) mass is 267 g/mol. The third kappa shape index (κ3) is 1.92. The summed E-state index contributed by atoms with van der Waals surface area (Å²) in [4.78, 5) is 24.0. The molecule has 1 saturated heterocycles. The van der Waals surface area contributed by atoms with E-state index in [-0.39, 0.29) is 11.3 Å². The molecule has 0 aliphatic carbocycles. The number of carbonyl (C=O) groups excluding carboxylic acids is 2. The van der Waals surface area contributed by atoms with Crippen molar-refractivity contribution in [2.24, 2.45) is 0 Å². The number of imide groups is 1. The SMILES string of the molecule is Cc1ccc(S(=O)(=O)C2CC(=O)N(C)C2=O)cc1. The minimum Gasteiger partial charge on any atom is -0.285 e. The van der Waals surface area contributed by atoms with Crippen molar-refractivity contribution >= 4 is 21.7 Å². The summed E-state index contributed by atoms with van der Waals surface area (Å²) >= 11 is 0. The fourth-order valence-corrected chi connectivity index (χ4v) is 3.49. The van der Waals surface area contributed by atoms with E-state index in [4.69, 9.17) is 0 Å². The second-order valence-electron chi connectivity index (χ2n) is 4.34. The molecule has 0 radical (unpaired) electrons. The number of aryl methyl sites for hydroxylation is 1. The molecular weight excluding hydrogens is 254 g/mol. The summed E-state index contributed by atoms with van der Waals surface area (Å²) in [6, 6.07) is 6.25. The van der Waals surface area contributed by atoms with Gasteiger partial charge in [-0.05, 0) is 19.1 Å². The molecule has 0 saturated carbocycles. The van der Waals surface area contributed by atoms with Crippen molar-refractivity contribution in [1.29, 1.82) is 0 Å². The van der Waals surface area contributed by atoms with Gasteiger partial charge in [0.05, 0.1) is 11.3 Å². The fourth-order valence-electron chi connectivity index (χ4n) is 1.86. The van der Waals surface area contributed by atoms with Gasteiger partial charge in [0.15, 0.2) is 15.1 Å². The zero-order valence-electron chi connectivity index (χ0n) is 10.1. The quantitative estimate of drug-likeness (QED) is 0.733. The highest BCUT2D eigenvalue weighted by molar-refractivity contribution is 7.92. The first-order chi connectivity index (χ1) is 8.34. The van der Waals surface area contributed by atoms with Crippen LogP contribution in [0.3, 0.4) is 0 Å². The first-order valence-electron chi connectivity index (χ1n) is 5.45. The summed E-state index contributed by atoms with van der Waals surface area (Å²) in [6.45, 7) is 1.84. The summed E-state index contributed by atoms with van der Waals surface area (Å²) in [5.74, 6) is -1.11. The van der Waals surface area contributed by atoms with Crippen LogP contribution in [0.2, 0.25) is 0 Å². The van der Waals surface area contributed by atoms with Crippen molar-refractivity contribution in [3.63, 3.8) is 0 Å². The third-order valence-electron chi connectivity index (χ3n) is 3.06. The Hall–Kier alpha value is -1.69. The lowest BCUT2D eigenvalue weighted by Crippen LogP contribution is -2.32. The molecule has 1 unspecified atom stereocenters. The van der Waals surface area contributed by atoms with E-state index < -0.39 is 26.9 Å².